The van der Waals surface area contributed by atoms with Gasteiger partial charge in [-0.3, -0.25) is 4.79 Å². The standard InChI is InChI=1S/C15H14Cl2N2O2/c1-2-19-15(20)9-3-6-13(18)14(7-9)21-10-4-5-11(16)12(17)8-10/h3-8H,2,18H2,1H3,(H,19,20). The molecule has 0 fully saturated rings. The summed E-state index contributed by atoms with van der Waals surface area (Å²) in [5, 5.41) is 3.54. The lowest BCUT2D eigenvalue weighted by atomic mass is 10.1. The maximum absolute atomic E-state index is 11.8. The summed E-state index contributed by atoms with van der Waals surface area (Å²) < 4.78 is 5.67. The number of hydrogen-bond acceptors (Lipinski definition) is 3. The van der Waals surface area contributed by atoms with Crippen LogP contribution in [0.2, 0.25) is 10.0 Å². The maximum atomic E-state index is 11.8. The van der Waals surface area contributed by atoms with E-state index in [0.29, 0.717) is 39.3 Å². The summed E-state index contributed by atoms with van der Waals surface area (Å²) in [7, 11) is 0. The largest absolute Gasteiger partial charge is 0.455 e. The van der Waals surface area contributed by atoms with Crippen molar-refractivity contribution in [2.45, 2.75) is 6.92 Å². The molecule has 0 unspecified atom stereocenters. The predicted octanol–water partition coefficient (Wildman–Crippen LogP) is 4.12. The predicted molar refractivity (Wildman–Crippen MR) is 85.4 cm³/mol. The first-order chi connectivity index (χ1) is 10.0. The molecule has 2 aromatic rings. The van der Waals surface area contributed by atoms with Gasteiger partial charge in [0.05, 0.1) is 15.7 Å². The van der Waals surface area contributed by atoms with E-state index in [1.807, 2.05) is 6.92 Å². The molecule has 0 saturated heterocycles. The lowest BCUT2D eigenvalue weighted by Gasteiger charge is -2.11. The third-order valence-electron chi connectivity index (χ3n) is 2.73. The molecule has 0 radical (unpaired) electrons. The van der Waals surface area contributed by atoms with Crippen molar-refractivity contribution in [1.82, 2.24) is 5.32 Å². The van der Waals surface area contributed by atoms with Crippen LogP contribution in [0.15, 0.2) is 36.4 Å². The van der Waals surface area contributed by atoms with Gasteiger partial charge >= 0.3 is 0 Å². The molecule has 0 aromatic heterocycles. The Balaban J connectivity index is 2.28. The SMILES string of the molecule is CCNC(=O)c1ccc(N)c(Oc2ccc(Cl)c(Cl)c2)c1. The maximum Gasteiger partial charge on any atom is 0.251 e. The minimum Gasteiger partial charge on any atom is -0.455 e. The van der Waals surface area contributed by atoms with Gasteiger partial charge in [0.1, 0.15) is 5.75 Å². The van der Waals surface area contributed by atoms with Crippen molar-refractivity contribution < 1.29 is 9.53 Å². The second kappa shape index (κ2) is 6.70. The average Bonchev–Trinajstić information content (AvgIpc) is 2.45. The first-order valence-electron chi connectivity index (χ1n) is 6.32. The molecule has 2 aromatic carbocycles. The van der Waals surface area contributed by atoms with Crippen LogP contribution in [-0.2, 0) is 0 Å². The molecule has 110 valence electrons. The minimum absolute atomic E-state index is 0.184. The van der Waals surface area contributed by atoms with E-state index in [1.165, 1.54) is 0 Å². The Morgan fingerprint density at radius 3 is 2.62 bits per heavy atom. The summed E-state index contributed by atoms with van der Waals surface area (Å²) in [4.78, 5) is 11.8. The zero-order valence-corrected chi connectivity index (χ0v) is 12.8. The Hall–Kier alpha value is -1.91. The average molecular weight is 325 g/mol. The van der Waals surface area contributed by atoms with E-state index in [0.717, 1.165) is 0 Å². The van der Waals surface area contributed by atoms with Gasteiger partial charge in [0, 0.05) is 18.2 Å². The molecule has 0 heterocycles. The van der Waals surface area contributed by atoms with Crippen molar-refractivity contribution in [2.75, 3.05) is 12.3 Å². The number of carbonyl (C=O) groups is 1. The first kappa shape index (κ1) is 15.5. The van der Waals surface area contributed by atoms with Crippen molar-refractivity contribution in [3.8, 4) is 11.5 Å². The number of ether oxygens (including phenoxy) is 1. The van der Waals surface area contributed by atoms with Crippen LogP contribution < -0.4 is 15.8 Å². The van der Waals surface area contributed by atoms with Gasteiger partial charge in [0.25, 0.3) is 5.91 Å². The number of nitrogens with one attached hydrogen (secondary N) is 1. The highest BCUT2D eigenvalue weighted by Crippen LogP contribution is 2.32. The summed E-state index contributed by atoms with van der Waals surface area (Å²) in [5.74, 6) is 0.692. The highest BCUT2D eigenvalue weighted by molar-refractivity contribution is 6.42. The van der Waals surface area contributed by atoms with Crippen LogP contribution in [0.25, 0.3) is 0 Å². The molecule has 1 amide bonds. The van der Waals surface area contributed by atoms with Gasteiger partial charge in [-0.25, -0.2) is 0 Å². The van der Waals surface area contributed by atoms with Crippen molar-refractivity contribution >= 4 is 34.8 Å². The summed E-state index contributed by atoms with van der Waals surface area (Å²) >= 11 is 11.8. The lowest BCUT2D eigenvalue weighted by Crippen LogP contribution is -2.22. The molecular formula is C15H14Cl2N2O2. The van der Waals surface area contributed by atoms with Crippen LogP contribution in [-0.4, -0.2) is 12.5 Å². The molecule has 0 aliphatic rings. The number of hydrogen-bond donors (Lipinski definition) is 2. The van der Waals surface area contributed by atoms with E-state index in [9.17, 15) is 4.79 Å². The van der Waals surface area contributed by atoms with Crippen LogP contribution in [0, 0.1) is 0 Å². The van der Waals surface area contributed by atoms with Crippen molar-refractivity contribution in [3.05, 3.63) is 52.0 Å². The Kier molecular flexibility index (Phi) is 4.94. The molecule has 0 saturated carbocycles. The number of nitrogens with two attached hydrogens (primary N) is 1. The molecule has 2 rings (SSSR count). The summed E-state index contributed by atoms with van der Waals surface area (Å²) in [6.45, 7) is 2.40. The monoisotopic (exact) mass is 324 g/mol. The van der Waals surface area contributed by atoms with E-state index < -0.39 is 0 Å². The summed E-state index contributed by atoms with van der Waals surface area (Å²) in [5.41, 5.74) is 6.76. The zero-order chi connectivity index (χ0) is 15.4. The topological polar surface area (TPSA) is 64.4 Å². The summed E-state index contributed by atoms with van der Waals surface area (Å²) in [6.07, 6.45) is 0. The number of carbonyl (C=O) groups excluding carboxylic acids is 1. The molecule has 21 heavy (non-hydrogen) atoms. The van der Waals surface area contributed by atoms with Crippen LogP contribution in [0.5, 0.6) is 11.5 Å². The van der Waals surface area contributed by atoms with Gasteiger partial charge in [-0.2, -0.15) is 0 Å². The Morgan fingerprint density at radius 2 is 1.95 bits per heavy atom. The quantitative estimate of drug-likeness (QED) is 0.831. The number of benzene rings is 2. The van der Waals surface area contributed by atoms with E-state index in [1.54, 1.807) is 36.4 Å². The first-order valence-corrected chi connectivity index (χ1v) is 7.07. The Morgan fingerprint density at radius 1 is 1.19 bits per heavy atom. The van der Waals surface area contributed by atoms with Crippen LogP contribution >= 0.6 is 23.2 Å². The highest BCUT2D eigenvalue weighted by atomic mass is 35.5. The van der Waals surface area contributed by atoms with Gasteiger partial charge in [0.2, 0.25) is 0 Å². The molecule has 0 atom stereocenters. The van der Waals surface area contributed by atoms with Crippen LogP contribution in [0.3, 0.4) is 0 Å². The molecular weight excluding hydrogens is 311 g/mol. The van der Waals surface area contributed by atoms with Gasteiger partial charge in [0.15, 0.2) is 5.75 Å². The van der Waals surface area contributed by atoms with Crippen LogP contribution in [0.1, 0.15) is 17.3 Å². The summed E-state index contributed by atoms with van der Waals surface area (Å²) in [6, 6.07) is 9.74. The molecule has 0 spiro atoms. The van der Waals surface area contributed by atoms with E-state index in [4.69, 9.17) is 33.7 Å². The third-order valence-corrected chi connectivity index (χ3v) is 3.47. The van der Waals surface area contributed by atoms with Crippen molar-refractivity contribution in [1.29, 1.82) is 0 Å². The molecule has 3 N–H and O–H groups in total. The number of amides is 1. The molecule has 6 heteroatoms. The van der Waals surface area contributed by atoms with Crippen molar-refractivity contribution in [3.63, 3.8) is 0 Å². The normalized spacial score (nSPS) is 10.2. The second-order valence-corrected chi connectivity index (χ2v) is 5.10. The lowest BCUT2D eigenvalue weighted by molar-refractivity contribution is 0.0955. The fraction of sp³-hybridized carbons (Fsp3) is 0.133. The van der Waals surface area contributed by atoms with Gasteiger partial charge in [-0.15, -0.1) is 0 Å². The van der Waals surface area contributed by atoms with Gasteiger partial charge < -0.3 is 15.8 Å². The number of nitrogen functional groups attached to an aromatic ring is 1. The van der Waals surface area contributed by atoms with Gasteiger partial charge in [-0.05, 0) is 37.3 Å². The molecule has 4 nitrogen and oxygen atoms in total. The number of anilines is 1. The highest BCUT2D eigenvalue weighted by Gasteiger charge is 2.10. The number of rotatable bonds is 4. The fourth-order valence-electron chi connectivity index (χ4n) is 1.69. The molecule has 0 aliphatic carbocycles. The van der Waals surface area contributed by atoms with Crippen LogP contribution in [0.4, 0.5) is 5.69 Å². The van der Waals surface area contributed by atoms with E-state index >= 15 is 0 Å². The second-order valence-electron chi connectivity index (χ2n) is 4.29. The smallest absolute Gasteiger partial charge is 0.251 e. The van der Waals surface area contributed by atoms with E-state index in [-0.39, 0.29) is 5.91 Å². The molecule has 0 bridgehead atoms. The number of halogens is 2. The zero-order valence-electron chi connectivity index (χ0n) is 11.3. The molecule has 0 aliphatic heterocycles. The minimum atomic E-state index is -0.184. The fourth-order valence-corrected chi connectivity index (χ4v) is 1.98. The Bertz CT molecular complexity index is 675. The van der Waals surface area contributed by atoms with E-state index in [2.05, 4.69) is 5.32 Å². The van der Waals surface area contributed by atoms with Crippen molar-refractivity contribution in [2.24, 2.45) is 0 Å². The Labute approximate surface area is 132 Å². The van der Waals surface area contributed by atoms with Gasteiger partial charge in [-0.1, -0.05) is 23.2 Å². The third kappa shape index (κ3) is 3.80.